The van der Waals surface area contributed by atoms with Gasteiger partial charge < -0.3 is 14.7 Å². The SMILES string of the molecule is CC(C)n1ncc2ccc(-c3noc(N4CCNCC4)n3)cc21. The van der Waals surface area contributed by atoms with Crippen LogP contribution < -0.4 is 10.2 Å². The molecular weight excluding hydrogens is 292 g/mol. The zero-order valence-electron chi connectivity index (χ0n) is 13.4. The Kier molecular flexibility index (Phi) is 3.49. The molecule has 0 unspecified atom stereocenters. The predicted octanol–water partition coefficient (Wildman–Crippen LogP) is 2.08. The van der Waals surface area contributed by atoms with Gasteiger partial charge in [0.15, 0.2) is 0 Å². The van der Waals surface area contributed by atoms with Crippen molar-refractivity contribution in [2.75, 3.05) is 31.1 Å². The van der Waals surface area contributed by atoms with Crippen LogP contribution in [0.3, 0.4) is 0 Å². The van der Waals surface area contributed by atoms with Gasteiger partial charge in [-0.15, -0.1) is 0 Å². The van der Waals surface area contributed by atoms with Gasteiger partial charge in [0, 0.05) is 43.2 Å². The Hall–Kier alpha value is -2.41. The fraction of sp³-hybridized carbons (Fsp3) is 0.438. The van der Waals surface area contributed by atoms with Crippen molar-refractivity contribution in [2.45, 2.75) is 19.9 Å². The van der Waals surface area contributed by atoms with Crippen molar-refractivity contribution in [1.82, 2.24) is 25.2 Å². The molecule has 1 aliphatic heterocycles. The predicted molar refractivity (Wildman–Crippen MR) is 88.5 cm³/mol. The third-order valence-electron chi connectivity index (χ3n) is 4.15. The summed E-state index contributed by atoms with van der Waals surface area (Å²) in [7, 11) is 0. The number of nitrogens with one attached hydrogen (secondary N) is 1. The quantitative estimate of drug-likeness (QED) is 0.798. The number of hydrogen-bond acceptors (Lipinski definition) is 6. The van der Waals surface area contributed by atoms with Crippen LogP contribution in [-0.2, 0) is 0 Å². The minimum atomic E-state index is 0.310. The van der Waals surface area contributed by atoms with Crippen molar-refractivity contribution < 1.29 is 4.52 Å². The Morgan fingerprint density at radius 2 is 2.04 bits per heavy atom. The molecule has 0 atom stereocenters. The normalized spacial score (nSPS) is 15.7. The van der Waals surface area contributed by atoms with Gasteiger partial charge in [-0.3, -0.25) is 4.68 Å². The average Bonchev–Trinajstić information content (AvgIpc) is 3.22. The van der Waals surface area contributed by atoms with E-state index >= 15 is 0 Å². The summed E-state index contributed by atoms with van der Waals surface area (Å²) in [5.41, 5.74) is 2.04. The Balaban J connectivity index is 1.68. The Morgan fingerprint density at radius 1 is 1.22 bits per heavy atom. The van der Waals surface area contributed by atoms with Crippen molar-refractivity contribution in [3.63, 3.8) is 0 Å². The zero-order chi connectivity index (χ0) is 15.8. The molecule has 1 aliphatic rings. The number of piperazine rings is 1. The first-order valence-electron chi connectivity index (χ1n) is 7.99. The number of hydrogen-bond donors (Lipinski definition) is 1. The Bertz CT molecular complexity index is 815. The molecule has 0 spiro atoms. The lowest BCUT2D eigenvalue weighted by Gasteiger charge is -2.24. The number of anilines is 1. The number of fused-ring (bicyclic) bond motifs is 1. The van der Waals surface area contributed by atoms with Crippen molar-refractivity contribution in [3.05, 3.63) is 24.4 Å². The monoisotopic (exact) mass is 312 g/mol. The molecule has 1 N–H and O–H groups in total. The maximum Gasteiger partial charge on any atom is 0.324 e. The van der Waals surface area contributed by atoms with E-state index in [1.165, 1.54) is 0 Å². The summed E-state index contributed by atoms with van der Waals surface area (Å²) in [6, 6.07) is 7.05. The van der Waals surface area contributed by atoms with E-state index in [1.54, 1.807) is 0 Å². The van der Waals surface area contributed by atoms with E-state index in [0.29, 0.717) is 17.9 Å². The lowest BCUT2D eigenvalue weighted by Crippen LogP contribution is -2.43. The van der Waals surface area contributed by atoms with Gasteiger partial charge in [-0.05, 0) is 19.9 Å². The number of benzene rings is 1. The first kappa shape index (κ1) is 14.2. The van der Waals surface area contributed by atoms with Crippen LogP contribution in [-0.4, -0.2) is 46.1 Å². The third-order valence-corrected chi connectivity index (χ3v) is 4.15. The summed E-state index contributed by atoms with van der Waals surface area (Å²) in [6.45, 7) is 7.90. The van der Waals surface area contributed by atoms with Gasteiger partial charge in [0.2, 0.25) is 5.82 Å². The fourth-order valence-electron chi connectivity index (χ4n) is 2.91. The first-order chi connectivity index (χ1) is 11.2. The molecule has 0 radical (unpaired) electrons. The molecule has 1 fully saturated rings. The second-order valence-corrected chi connectivity index (χ2v) is 6.09. The van der Waals surface area contributed by atoms with Crippen molar-refractivity contribution >= 4 is 16.9 Å². The highest BCUT2D eigenvalue weighted by atomic mass is 16.5. The lowest BCUT2D eigenvalue weighted by atomic mass is 10.1. The molecule has 120 valence electrons. The van der Waals surface area contributed by atoms with Gasteiger partial charge in [-0.25, -0.2) is 0 Å². The molecule has 23 heavy (non-hydrogen) atoms. The van der Waals surface area contributed by atoms with Crippen LogP contribution in [0.1, 0.15) is 19.9 Å². The first-order valence-corrected chi connectivity index (χ1v) is 7.99. The van der Waals surface area contributed by atoms with Gasteiger partial charge in [-0.1, -0.05) is 17.3 Å². The summed E-state index contributed by atoms with van der Waals surface area (Å²) < 4.78 is 7.45. The summed E-state index contributed by atoms with van der Waals surface area (Å²) in [5.74, 6) is 0.622. The summed E-state index contributed by atoms with van der Waals surface area (Å²) in [5, 5.41) is 13.0. The highest BCUT2D eigenvalue weighted by Crippen LogP contribution is 2.25. The molecule has 0 aliphatic carbocycles. The second kappa shape index (κ2) is 5.66. The molecule has 0 saturated carbocycles. The smallest absolute Gasteiger partial charge is 0.322 e. The van der Waals surface area contributed by atoms with E-state index in [-0.39, 0.29) is 0 Å². The maximum absolute atomic E-state index is 5.44. The maximum atomic E-state index is 5.44. The fourth-order valence-corrected chi connectivity index (χ4v) is 2.91. The number of nitrogens with zero attached hydrogens (tertiary/aromatic N) is 5. The van der Waals surface area contributed by atoms with Gasteiger partial charge in [0.25, 0.3) is 0 Å². The lowest BCUT2D eigenvalue weighted by molar-refractivity contribution is 0.405. The third kappa shape index (κ3) is 2.57. The van der Waals surface area contributed by atoms with E-state index in [4.69, 9.17) is 4.52 Å². The average molecular weight is 312 g/mol. The molecule has 7 nitrogen and oxygen atoms in total. The molecule has 1 aromatic carbocycles. The summed E-state index contributed by atoms with van der Waals surface area (Å²) >= 11 is 0. The van der Waals surface area contributed by atoms with Crippen LogP contribution in [0.5, 0.6) is 0 Å². The molecule has 2 aromatic heterocycles. The van der Waals surface area contributed by atoms with Crippen LogP contribution in [0, 0.1) is 0 Å². The second-order valence-electron chi connectivity index (χ2n) is 6.09. The molecule has 0 amide bonds. The van der Waals surface area contributed by atoms with Crippen LogP contribution in [0.4, 0.5) is 6.01 Å². The van der Waals surface area contributed by atoms with E-state index in [0.717, 1.165) is 42.6 Å². The Morgan fingerprint density at radius 3 is 2.83 bits per heavy atom. The molecule has 3 heterocycles. The molecule has 0 bridgehead atoms. The van der Waals surface area contributed by atoms with Crippen LogP contribution in [0.2, 0.25) is 0 Å². The zero-order valence-corrected chi connectivity index (χ0v) is 13.4. The van der Waals surface area contributed by atoms with E-state index in [9.17, 15) is 0 Å². The molecule has 4 rings (SSSR count). The van der Waals surface area contributed by atoms with Gasteiger partial charge in [-0.2, -0.15) is 10.1 Å². The Labute approximate surface area is 134 Å². The minimum absolute atomic E-state index is 0.310. The van der Waals surface area contributed by atoms with E-state index in [1.807, 2.05) is 16.9 Å². The highest BCUT2D eigenvalue weighted by Gasteiger charge is 2.18. The van der Waals surface area contributed by atoms with E-state index in [2.05, 4.69) is 51.4 Å². The summed E-state index contributed by atoms with van der Waals surface area (Å²) in [6.07, 6.45) is 1.89. The summed E-state index contributed by atoms with van der Waals surface area (Å²) in [4.78, 5) is 6.68. The van der Waals surface area contributed by atoms with E-state index < -0.39 is 0 Å². The van der Waals surface area contributed by atoms with Gasteiger partial charge >= 0.3 is 6.01 Å². The minimum Gasteiger partial charge on any atom is -0.322 e. The molecule has 7 heteroatoms. The topological polar surface area (TPSA) is 72.0 Å². The standard InChI is InChI=1S/C16H20N6O/c1-11(2)22-14-9-12(3-4-13(14)10-18-22)15-19-16(23-20-15)21-7-5-17-6-8-21/h3-4,9-11,17H,5-8H2,1-2H3. The molecule has 1 saturated heterocycles. The highest BCUT2D eigenvalue weighted by molar-refractivity contribution is 5.83. The van der Waals surface area contributed by atoms with Gasteiger partial charge in [0.1, 0.15) is 0 Å². The van der Waals surface area contributed by atoms with Crippen LogP contribution in [0.15, 0.2) is 28.9 Å². The van der Waals surface area contributed by atoms with Crippen molar-refractivity contribution in [2.24, 2.45) is 0 Å². The molecule has 3 aromatic rings. The number of rotatable bonds is 3. The van der Waals surface area contributed by atoms with Gasteiger partial charge in [0.05, 0.1) is 11.7 Å². The largest absolute Gasteiger partial charge is 0.324 e. The van der Waals surface area contributed by atoms with Crippen LogP contribution in [0.25, 0.3) is 22.3 Å². The molecular formula is C16H20N6O. The number of aromatic nitrogens is 4. The van der Waals surface area contributed by atoms with Crippen LogP contribution >= 0.6 is 0 Å². The van der Waals surface area contributed by atoms with Crippen molar-refractivity contribution in [1.29, 1.82) is 0 Å². The van der Waals surface area contributed by atoms with Crippen molar-refractivity contribution in [3.8, 4) is 11.4 Å².